The molecule has 11 heteroatoms. The number of rotatable bonds is 12. The molecular formula is C30H35Cl2N3O5S. The molecule has 1 saturated heterocycles. The molecule has 4 rings (SSSR count). The van der Waals surface area contributed by atoms with Crippen molar-refractivity contribution in [2.24, 2.45) is 0 Å². The smallest absolute Gasteiger partial charge is 0.322 e. The van der Waals surface area contributed by atoms with Gasteiger partial charge in [-0.2, -0.15) is 0 Å². The topological polar surface area (TPSA) is 80.3 Å². The summed E-state index contributed by atoms with van der Waals surface area (Å²) in [5, 5.41) is 3.44. The van der Waals surface area contributed by atoms with Crippen molar-refractivity contribution in [3.63, 3.8) is 0 Å². The summed E-state index contributed by atoms with van der Waals surface area (Å²) in [5.41, 5.74) is 1.31. The highest BCUT2D eigenvalue weighted by atomic mass is 35.5. The molecule has 1 unspecified atom stereocenters. The molecular weight excluding hydrogens is 585 g/mol. The Bertz CT molecular complexity index is 1330. The van der Waals surface area contributed by atoms with Crippen LogP contribution in [0.1, 0.15) is 28.2 Å². The van der Waals surface area contributed by atoms with Gasteiger partial charge < -0.3 is 29.3 Å². The minimum absolute atomic E-state index is 0.121. The van der Waals surface area contributed by atoms with Crippen LogP contribution in [0, 0.1) is 6.92 Å². The molecule has 1 N–H and O–H groups in total. The van der Waals surface area contributed by atoms with E-state index in [2.05, 4.69) is 5.32 Å². The van der Waals surface area contributed by atoms with E-state index < -0.39 is 6.03 Å². The number of amides is 3. The Kier molecular flexibility index (Phi) is 11.2. The lowest BCUT2D eigenvalue weighted by molar-refractivity contribution is -0.132. The molecule has 0 aliphatic carbocycles. The van der Waals surface area contributed by atoms with Crippen LogP contribution in [-0.2, 0) is 22.5 Å². The van der Waals surface area contributed by atoms with Crippen molar-refractivity contribution in [3.8, 4) is 11.5 Å². The van der Waals surface area contributed by atoms with E-state index in [9.17, 15) is 9.59 Å². The summed E-state index contributed by atoms with van der Waals surface area (Å²) in [4.78, 5) is 32.8. The zero-order valence-electron chi connectivity index (χ0n) is 23.5. The monoisotopic (exact) mass is 619 g/mol. The maximum Gasteiger partial charge on any atom is 0.322 e. The van der Waals surface area contributed by atoms with E-state index in [4.69, 9.17) is 37.4 Å². The molecule has 1 atom stereocenters. The molecule has 3 aromatic rings. The van der Waals surface area contributed by atoms with Crippen molar-refractivity contribution in [1.29, 1.82) is 0 Å². The minimum atomic E-state index is -0.462. The zero-order chi connectivity index (χ0) is 29.4. The third-order valence-corrected chi connectivity index (χ3v) is 8.49. The highest BCUT2D eigenvalue weighted by Gasteiger charge is 2.27. The van der Waals surface area contributed by atoms with Gasteiger partial charge >= 0.3 is 6.03 Å². The van der Waals surface area contributed by atoms with E-state index in [1.165, 1.54) is 9.78 Å². The van der Waals surface area contributed by atoms with Crippen molar-refractivity contribution < 1.29 is 23.8 Å². The minimum Gasteiger partial charge on any atom is -0.493 e. The van der Waals surface area contributed by atoms with Crippen LogP contribution in [0.2, 0.25) is 10.0 Å². The number of aryl methyl sites for hydroxylation is 1. The van der Waals surface area contributed by atoms with Gasteiger partial charge in [0, 0.05) is 29.5 Å². The van der Waals surface area contributed by atoms with E-state index in [1.54, 1.807) is 48.7 Å². The number of urea groups is 1. The third kappa shape index (κ3) is 8.52. The first-order valence-electron chi connectivity index (χ1n) is 13.4. The molecule has 0 bridgehead atoms. The second-order valence-electron chi connectivity index (χ2n) is 9.81. The molecule has 2 aromatic carbocycles. The SMILES string of the molecule is COc1ccc(CCN(Cc2ccc(C)s2)C(=O)CN(CC2CCCO2)C(=O)Nc2c(Cl)cccc2Cl)cc1OC. The van der Waals surface area contributed by atoms with Crippen LogP contribution >= 0.6 is 34.5 Å². The van der Waals surface area contributed by atoms with E-state index in [-0.39, 0.29) is 25.1 Å². The number of ether oxygens (including phenoxy) is 3. The van der Waals surface area contributed by atoms with Crippen LogP contribution in [-0.4, -0.2) is 68.3 Å². The number of thiophene rings is 1. The van der Waals surface area contributed by atoms with Crippen LogP contribution in [0.4, 0.5) is 10.5 Å². The molecule has 8 nitrogen and oxygen atoms in total. The molecule has 3 amide bonds. The van der Waals surface area contributed by atoms with Crippen molar-refractivity contribution in [2.45, 2.75) is 38.8 Å². The lowest BCUT2D eigenvalue weighted by Gasteiger charge is -2.29. The fraction of sp³-hybridized carbons (Fsp3) is 0.400. The summed E-state index contributed by atoms with van der Waals surface area (Å²) in [6.45, 7) is 3.73. The summed E-state index contributed by atoms with van der Waals surface area (Å²) in [5.74, 6) is 1.11. The number of hydrogen-bond acceptors (Lipinski definition) is 6. The predicted octanol–water partition coefficient (Wildman–Crippen LogP) is 6.66. The van der Waals surface area contributed by atoms with Crippen molar-refractivity contribution in [3.05, 3.63) is 73.9 Å². The van der Waals surface area contributed by atoms with E-state index in [1.807, 2.05) is 37.3 Å². The molecule has 41 heavy (non-hydrogen) atoms. The number of hydrogen-bond donors (Lipinski definition) is 1. The predicted molar refractivity (Wildman–Crippen MR) is 164 cm³/mol. The normalized spacial score (nSPS) is 14.5. The van der Waals surface area contributed by atoms with E-state index in [0.29, 0.717) is 53.3 Å². The number of nitrogens with zero attached hydrogens (tertiary/aromatic N) is 2. The number of carbonyl (C=O) groups excluding carboxylic acids is 2. The molecule has 1 aliphatic rings. The number of para-hydroxylation sites is 1. The zero-order valence-corrected chi connectivity index (χ0v) is 25.8. The first-order valence-corrected chi connectivity index (χ1v) is 15.0. The lowest BCUT2D eigenvalue weighted by Crippen LogP contribution is -2.47. The van der Waals surface area contributed by atoms with Gasteiger partial charge in [0.05, 0.1) is 42.6 Å². The first-order chi connectivity index (χ1) is 19.8. The van der Waals surface area contributed by atoms with Crippen molar-refractivity contribution in [2.75, 3.05) is 45.8 Å². The number of methoxy groups -OCH3 is 2. The van der Waals surface area contributed by atoms with Crippen molar-refractivity contribution in [1.82, 2.24) is 9.80 Å². The van der Waals surface area contributed by atoms with Crippen LogP contribution in [0.25, 0.3) is 0 Å². The Hall–Kier alpha value is -2.98. The number of halogens is 2. The average Bonchev–Trinajstić information content (AvgIpc) is 3.63. The maximum absolute atomic E-state index is 13.8. The number of anilines is 1. The second kappa shape index (κ2) is 14.8. The van der Waals surface area contributed by atoms with Crippen LogP contribution in [0.15, 0.2) is 48.5 Å². The first kappa shape index (κ1) is 31.0. The Morgan fingerprint density at radius 3 is 2.44 bits per heavy atom. The highest BCUT2D eigenvalue weighted by molar-refractivity contribution is 7.11. The molecule has 1 aliphatic heterocycles. The van der Waals surface area contributed by atoms with Gasteiger partial charge in [-0.25, -0.2) is 4.79 Å². The molecule has 0 saturated carbocycles. The Balaban J connectivity index is 1.53. The van der Waals surface area contributed by atoms with E-state index >= 15 is 0 Å². The average molecular weight is 621 g/mol. The molecule has 1 fully saturated rings. The Labute approximate surface area is 255 Å². The van der Waals surface area contributed by atoms with Gasteiger partial charge in [0.2, 0.25) is 5.91 Å². The quantitative estimate of drug-likeness (QED) is 0.245. The molecule has 1 aromatic heterocycles. The molecule has 2 heterocycles. The fourth-order valence-corrected chi connectivity index (χ4v) is 6.07. The third-order valence-electron chi connectivity index (χ3n) is 6.87. The summed E-state index contributed by atoms with van der Waals surface area (Å²) >= 11 is 14.3. The highest BCUT2D eigenvalue weighted by Crippen LogP contribution is 2.31. The fourth-order valence-electron chi connectivity index (χ4n) is 4.67. The van der Waals surface area contributed by atoms with Crippen LogP contribution < -0.4 is 14.8 Å². The van der Waals surface area contributed by atoms with Gasteiger partial charge in [-0.05, 0) is 68.1 Å². The van der Waals surface area contributed by atoms with Crippen molar-refractivity contribution >= 4 is 52.2 Å². The molecule has 220 valence electrons. The molecule has 0 radical (unpaired) electrons. The van der Waals surface area contributed by atoms with Crippen LogP contribution in [0.3, 0.4) is 0 Å². The summed E-state index contributed by atoms with van der Waals surface area (Å²) in [7, 11) is 3.19. The largest absolute Gasteiger partial charge is 0.493 e. The van der Waals surface area contributed by atoms with Gasteiger partial charge in [-0.1, -0.05) is 35.3 Å². The van der Waals surface area contributed by atoms with Gasteiger partial charge in [0.15, 0.2) is 11.5 Å². The van der Waals surface area contributed by atoms with Gasteiger partial charge in [0.25, 0.3) is 0 Å². The van der Waals surface area contributed by atoms with Gasteiger partial charge in [0.1, 0.15) is 6.54 Å². The maximum atomic E-state index is 13.8. The summed E-state index contributed by atoms with van der Waals surface area (Å²) in [6, 6.07) is 14.4. The number of nitrogens with one attached hydrogen (secondary N) is 1. The summed E-state index contributed by atoms with van der Waals surface area (Å²) < 4.78 is 16.6. The Morgan fingerprint density at radius 1 is 1.05 bits per heavy atom. The van der Waals surface area contributed by atoms with E-state index in [0.717, 1.165) is 23.3 Å². The lowest BCUT2D eigenvalue weighted by atomic mass is 10.1. The standard InChI is InChI=1S/C30H35Cl2N3O5S/c1-20-9-11-23(41-20)18-34(14-13-21-10-12-26(38-2)27(16-21)39-3)28(36)19-35(17-22-6-5-15-40-22)30(37)33-29-24(31)7-4-8-25(29)32/h4,7-12,16,22H,5-6,13-15,17-19H2,1-3H3,(H,33,37). The summed E-state index contributed by atoms with van der Waals surface area (Å²) in [6.07, 6.45) is 2.20. The van der Waals surface area contributed by atoms with Gasteiger partial charge in [-0.15, -0.1) is 11.3 Å². The number of benzene rings is 2. The Morgan fingerprint density at radius 2 is 1.80 bits per heavy atom. The van der Waals surface area contributed by atoms with Gasteiger partial charge in [-0.3, -0.25) is 4.79 Å². The molecule has 0 spiro atoms. The van der Waals surface area contributed by atoms with Crippen LogP contribution in [0.5, 0.6) is 11.5 Å². The second-order valence-corrected chi connectivity index (χ2v) is 12.0. The number of carbonyl (C=O) groups is 2.